The second-order valence-corrected chi connectivity index (χ2v) is 5.31. The van der Waals surface area contributed by atoms with Crippen LogP contribution in [0.5, 0.6) is 0 Å². The Morgan fingerprint density at radius 2 is 2.12 bits per heavy atom. The molecular weight excluding hydrogens is 200 g/mol. The Morgan fingerprint density at radius 1 is 1.38 bits per heavy atom. The van der Waals surface area contributed by atoms with E-state index in [0.29, 0.717) is 12.1 Å². The number of aromatic nitrogens is 1. The van der Waals surface area contributed by atoms with Gasteiger partial charge in [-0.15, -0.1) is 0 Å². The molecule has 86 valence electrons. The number of nitrogens with one attached hydrogen (secondary N) is 1. The molecule has 3 heteroatoms. The van der Waals surface area contributed by atoms with Crippen molar-refractivity contribution < 1.29 is 5.11 Å². The molecule has 3 rings (SSSR count). The predicted molar refractivity (Wildman–Crippen MR) is 62.1 cm³/mol. The van der Waals surface area contributed by atoms with Crippen molar-refractivity contribution in [3.63, 3.8) is 0 Å². The molecule has 2 N–H and O–H groups in total. The molecule has 2 aliphatic heterocycles. The molecule has 0 aromatic carbocycles. The van der Waals surface area contributed by atoms with E-state index in [1.165, 1.54) is 12.8 Å². The number of fused-ring (bicyclic) bond motifs is 2. The van der Waals surface area contributed by atoms with Crippen molar-refractivity contribution >= 4 is 0 Å². The summed E-state index contributed by atoms with van der Waals surface area (Å²) in [5.41, 5.74) is 0.631. The molecule has 0 spiro atoms. The smallest absolute Gasteiger partial charge is 0.0718 e. The summed E-state index contributed by atoms with van der Waals surface area (Å²) in [4.78, 5) is 4.11. The molecule has 1 aromatic rings. The van der Waals surface area contributed by atoms with Crippen LogP contribution in [0.1, 0.15) is 31.2 Å². The molecule has 2 saturated heterocycles. The summed E-state index contributed by atoms with van der Waals surface area (Å²) in [6.45, 7) is 0. The van der Waals surface area contributed by atoms with E-state index in [-0.39, 0.29) is 0 Å². The van der Waals surface area contributed by atoms with Gasteiger partial charge in [-0.05, 0) is 37.3 Å². The monoisotopic (exact) mass is 218 g/mol. The van der Waals surface area contributed by atoms with Crippen LogP contribution in [-0.2, 0) is 6.42 Å². The van der Waals surface area contributed by atoms with E-state index in [0.717, 1.165) is 24.8 Å². The topological polar surface area (TPSA) is 45.2 Å². The average molecular weight is 218 g/mol. The Bertz CT molecular complexity index is 353. The van der Waals surface area contributed by atoms with Gasteiger partial charge in [-0.25, -0.2) is 0 Å². The molecular formula is C13H18N2O. The Hall–Kier alpha value is -0.930. The predicted octanol–water partition coefficient (Wildman–Crippen LogP) is 1.27. The van der Waals surface area contributed by atoms with Crippen LogP contribution in [0.3, 0.4) is 0 Å². The van der Waals surface area contributed by atoms with Crippen molar-refractivity contribution in [2.24, 2.45) is 0 Å². The molecule has 2 aliphatic rings. The number of piperidine rings is 1. The summed E-state index contributed by atoms with van der Waals surface area (Å²) in [7, 11) is 0. The molecule has 0 saturated carbocycles. The van der Waals surface area contributed by atoms with Crippen LogP contribution in [0.4, 0.5) is 0 Å². The molecule has 3 nitrogen and oxygen atoms in total. The summed E-state index contributed by atoms with van der Waals surface area (Å²) in [6.07, 6.45) is 8.61. The highest BCUT2D eigenvalue weighted by molar-refractivity contribution is 5.14. The zero-order chi connectivity index (χ0) is 11.0. The SMILES string of the molecule is OC1(Cc2cccnc2)CC2CCC(C1)N2. The minimum Gasteiger partial charge on any atom is -0.389 e. The zero-order valence-corrected chi connectivity index (χ0v) is 9.39. The zero-order valence-electron chi connectivity index (χ0n) is 9.39. The van der Waals surface area contributed by atoms with Gasteiger partial charge in [0.15, 0.2) is 0 Å². The van der Waals surface area contributed by atoms with Crippen molar-refractivity contribution in [2.75, 3.05) is 0 Å². The van der Waals surface area contributed by atoms with Crippen LogP contribution in [0.2, 0.25) is 0 Å². The molecule has 3 heterocycles. The van der Waals surface area contributed by atoms with Gasteiger partial charge in [0.1, 0.15) is 0 Å². The maximum absolute atomic E-state index is 10.6. The molecule has 0 radical (unpaired) electrons. The Labute approximate surface area is 95.9 Å². The fraction of sp³-hybridized carbons (Fsp3) is 0.615. The van der Waals surface area contributed by atoms with Gasteiger partial charge in [-0.1, -0.05) is 6.07 Å². The molecule has 2 bridgehead atoms. The number of hydrogen-bond acceptors (Lipinski definition) is 3. The van der Waals surface area contributed by atoms with Crippen LogP contribution < -0.4 is 5.32 Å². The van der Waals surface area contributed by atoms with Crippen molar-refractivity contribution in [1.29, 1.82) is 0 Å². The minimum atomic E-state index is -0.514. The first-order valence-electron chi connectivity index (χ1n) is 6.11. The van der Waals surface area contributed by atoms with E-state index in [1.807, 2.05) is 12.3 Å². The molecule has 0 aliphatic carbocycles. The number of nitrogens with zero attached hydrogens (tertiary/aromatic N) is 1. The van der Waals surface area contributed by atoms with Crippen LogP contribution in [0, 0.1) is 0 Å². The highest BCUT2D eigenvalue weighted by Crippen LogP contribution is 2.35. The summed E-state index contributed by atoms with van der Waals surface area (Å²) in [5.74, 6) is 0. The van der Waals surface area contributed by atoms with Gasteiger partial charge in [0.2, 0.25) is 0 Å². The number of pyridine rings is 1. The van der Waals surface area contributed by atoms with Gasteiger partial charge >= 0.3 is 0 Å². The lowest BCUT2D eigenvalue weighted by Crippen LogP contribution is -2.49. The van der Waals surface area contributed by atoms with Gasteiger partial charge < -0.3 is 10.4 Å². The van der Waals surface area contributed by atoms with E-state index < -0.39 is 5.60 Å². The van der Waals surface area contributed by atoms with Crippen molar-refractivity contribution in [1.82, 2.24) is 10.3 Å². The van der Waals surface area contributed by atoms with Gasteiger partial charge in [-0.3, -0.25) is 4.98 Å². The van der Waals surface area contributed by atoms with E-state index >= 15 is 0 Å². The normalized spacial score (nSPS) is 37.6. The largest absolute Gasteiger partial charge is 0.389 e. The first-order valence-corrected chi connectivity index (χ1v) is 6.11. The molecule has 16 heavy (non-hydrogen) atoms. The Morgan fingerprint density at radius 3 is 2.75 bits per heavy atom. The molecule has 2 atom stereocenters. The number of hydrogen-bond donors (Lipinski definition) is 2. The Kier molecular flexibility index (Phi) is 2.45. The highest BCUT2D eigenvalue weighted by Gasteiger charge is 2.42. The third-order valence-electron chi connectivity index (χ3n) is 3.84. The fourth-order valence-corrected chi connectivity index (χ4v) is 3.25. The Balaban J connectivity index is 1.74. The molecule has 2 unspecified atom stereocenters. The van der Waals surface area contributed by atoms with Crippen LogP contribution >= 0.6 is 0 Å². The first-order chi connectivity index (χ1) is 7.73. The number of aliphatic hydroxyl groups is 1. The van der Waals surface area contributed by atoms with E-state index in [4.69, 9.17) is 0 Å². The van der Waals surface area contributed by atoms with Gasteiger partial charge in [0, 0.05) is 30.9 Å². The van der Waals surface area contributed by atoms with Gasteiger partial charge in [-0.2, -0.15) is 0 Å². The summed E-state index contributed by atoms with van der Waals surface area (Å²) < 4.78 is 0. The van der Waals surface area contributed by atoms with E-state index in [9.17, 15) is 5.11 Å². The second kappa shape index (κ2) is 3.82. The van der Waals surface area contributed by atoms with Crippen LogP contribution in [0.25, 0.3) is 0 Å². The van der Waals surface area contributed by atoms with Crippen molar-refractivity contribution in [3.05, 3.63) is 30.1 Å². The summed E-state index contributed by atoms with van der Waals surface area (Å²) in [6, 6.07) is 5.05. The molecule has 2 fully saturated rings. The maximum atomic E-state index is 10.6. The van der Waals surface area contributed by atoms with E-state index in [2.05, 4.69) is 16.4 Å². The lowest BCUT2D eigenvalue weighted by atomic mass is 9.83. The number of rotatable bonds is 2. The van der Waals surface area contributed by atoms with E-state index in [1.54, 1.807) is 6.20 Å². The molecule has 1 aromatic heterocycles. The lowest BCUT2D eigenvalue weighted by Gasteiger charge is -2.37. The third kappa shape index (κ3) is 1.97. The van der Waals surface area contributed by atoms with Crippen molar-refractivity contribution in [2.45, 2.75) is 49.8 Å². The summed E-state index contributed by atoms with van der Waals surface area (Å²) >= 11 is 0. The first kappa shape index (κ1) is 10.2. The minimum absolute atomic E-state index is 0.514. The van der Waals surface area contributed by atoms with Gasteiger partial charge in [0.05, 0.1) is 5.60 Å². The maximum Gasteiger partial charge on any atom is 0.0718 e. The quantitative estimate of drug-likeness (QED) is 0.785. The average Bonchev–Trinajstić information content (AvgIpc) is 2.59. The second-order valence-electron chi connectivity index (χ2n) is 5.31. The summed E-state index contributed by atoms with van der Waals surface area (Å²) in [5, 5.41) is 14.2. The van der Waals surface area contributed by atoms with Crippen molar-refractivity contribution in [3.8, 4) is 0 Å². The van der Waals surface area contributed by atoms with Gasteiger partial charge in [0.25, 0.3) is 0 Å². The highest BCUT2D eigenvalue weighted by atomic mass is 16.3. The van der Waals surface area contributed by atoms with Crippen LogP contribution in [-0.4, -0.2) is 27.8 Å². The lowest BCUT2D eigenvalue weighted by molar-refractivity contribution is -0.00614. The fourth-order valence-electron chi connectivity index (χ4n) is 3.25. The molecule has 0 amide bonds. The van der Waals surface area contributed by atoms with Crippen LogP contribution in [0.15, 0.2) is 24.5 Å². The third-order valence-corrected chi connectivity index (χ3v) is 3.84. The standard InChI is InChI=1S/C13H18N2O/c16-13(6-10-2-1-5-14-9-10)7-11-3-4-12(8-13)15-11/h1-2,5,9,11-12,15-16H,3-4,6-8H2.